The van der Waals surface area contributed by atoms with Crippen molar-refractivity contribution in [3.05, 3.63) is 127 Å². The number of alkyl halides is 2. The Morgan fingerprint density at radius 3 is 2.19 bits per heavy atom. The predicted molar refractivity (Wildman–Crippen MR) is 224 cm³/mol. The van der Waals surface area contributed by atoms with Crippen LogP contribution in [0.1, 0.15) is 63.5 Å². The third kappa shape index (κ3) is 7.74. The lowest BCUT2D eigenvalue weighted by Crippen LogP contribution is -2.31. The lowest BCUT2D eigenvalue weighted by atomic mass is 9.94. The zero-order chi connectivity index (χ0) is 40.7. The molecular weight excluding hydrogens is 747 g/mol. The first-order chi connectivity index (χ1) is 28.6. The minimum absolute atomic E-state index is 0.192. The van der Waals surface area contributed by atoms with E-state index in [1.807, 2.05) is 114 Å². The number of imidazole rings is 1. The summed E-state index contributed by atoms with van der Waals surface area (Å²) in [5.74, 6) is 4.22. The third-order valence-corrected chi connectivity index (χ3v) is 11.5. The molecule has 1 aliphatic rings. The van der Waals surface area contributed by atoms with E-state index in [-0.39, 0.29) is 31.8 Å². The van der Waals surface area contributed by atoms with Gasteiger partial charge in [-0.05, 0) is 66.1 Å². The van der Waals surface area contributed by atoms with Gasteiger partial charge in [0.1, 0.15) is 17.4 Å². The highest BCUT2D eigenvalue weighted by atomic mass is 19.3. The molecule has 1 saturated carbocycles. The van der Waals surface area contributed by atoms with Crippen molar-refractivity contribution in [3.63, 3.8) is 0 Å². The maximum absolute atomic E-state index is 14.1. The summed E-state index contributed by atoms with van der Waals surface area (Å²) >= 11 is 0. The van der Waals surface area contributed by atoms with Gasteiger partial charge in [-0.2, -0.15) is 15.3 Å². The van der Waals surface area contributed by atoms with E-state index in [4.69, 9.17) is 14.8 Å². The Hall–Kier alpha value is -6.58. The van der Waals surface area contributed by atoms with Gasteiger partial charge in [-0.25, -0.2) is 18.3 Å². The molecule has 59 heavy (non-hydrogen) atoms. The molecule has 12 heteroatoms. The lowest BCUT2D eigenvalue weighted by molar-refractivity contribution is -0.0589. The van der Waals surface area contributed by atoms with E-state index in [0.717, 1.165) is 61.3 Å². The number of halogens is 2. The first kappa shape index (κ1) is 38.0. The number of hydrogen-bond donors (Lipinski definition) is 1. The quantitative estimate of drug-likeness (QED) is 0.139. The molecular formula is C47H44F2N8O2. The standard InChI is InChI=1S/C47H44F2N8O2/c1-4-46(58,5-2)19-16-37-7-6-22-56-45(37)41(27-53-56)35-12-8-34(9-13-35)39-26-52-55(31-39)29-32-23-43-50-28-42(36-14-10-33(11-15-36)38-25-51-54(3)30-38)57(43)44(24-32)59-40-17-20-47(48,49)21-18-40/h6-15,22-28,30-31,40,58H,4-5,17-18,20-21,29H2,1-3H3. The van der Waals surface area contributed by atoms with Crippen LogP contribution in [0, 0.1) is 11.8 Å². The molecule has 10 nitrogen and oxygen atoms in total. The van der Waals surface area contributed by atoms with Crippen LogP contribution in [0.25, 0.3) is 55.8 Å². The normalized spacial score (nSPS) is 14.5. The van der Waals surface area contributed by atoms with Crippen molar-refractivity contribution in [1.82, 2.24) is 38.6 Å². The Morgan fingerprint density at radius 1 is 0.814 bits per heavy atom. The minimum Gasteiger partial charge on any atom is -0.475 e. The van der Waals surface area contributed by atoms with Crippen molar-refractivity contribution in [1.29, 1.82) is 0 Å². The summed E-state index contributed by atoms with van der Waals surface area (Å²) < 4.78 is 42.3. The van der Waals surface area contributed by atoms with E-state index in [1.165, 1.54) is 0 Å². The van der Waals surface area contributed by atoms with E-state index < -0.39 is 11.5 Å². The highest BCUT2D eigenvalue weighted by Gasteiger charge is 2.36. The van der Waals surface area contributed by atoms with Crippen LogP contribution in [0.3, 0.4) is 0 Å². The van der Waals surface area contributed by atoms with Crippen molar-refractivity contribution < 1.29 is 18.6 Å². The molecule has 0 unspecified atom stereocenters. The molecule has 1 N–H and O–H groups in total. The zero-order valence-corrected chi connectivity index (χ0v) is 33.2. The summed E-state index contributed by atoms with van der Waals surface area (Å²) in [6.45, 7) is 4.33. The van der Waals surface area contributed by atoms with Crippen LogP contribution in [-0.2, 0) is 13.6 Å². The molecule has 298 valence electrons. The Kier molecular flexibility index (Phi) is 9.85. The van der Waals surface area contributed by atoms with Gasteiger partial charge < -0.3 is 9.84 Å². The number of fused-ring (bicyclic) bond motifs is 2. The van der Waals surface area contributed by atoms with Crippen molar-refractivity contribution in [2.75, 3.05) is 0 Å². The number of aliphatic hydroxyl groups is 1. The summed E-state index contributed by atoms with van der Waals surface area (Å²) in [6.07, 6.45) is 14.2. The Morgan fingerprint density at radius 2 is 1.49 bits per heavy atom. The second-order valence-electron chi connectivity index (χ2n) is 15.5. The van der Waals surface area contributed by atoms with Crippen LogP contribution < -0.4 is 4.74 Å². The van der Waals surface area contributed by atoms with Gasteiger partial charge in [0, 0.05) is 66.8 Å². The highest BCUT2D eigenvalue weighted by molar-refractivity contribution is 5.85. The summed E-state index contributed by atoms with van der Waals surface area (Å²) in [6, 6.07) is 24.4. The first-order valence-corrected chi connectivity index (χ1v) is 20.1. The second kappa shape index (κ2) is 15.3. The molecule has 0 radical (unpaired) electrons. The average Bonchev–Trinajstić information content (AvgIpc) is 4.08. The summed E-state index contributed by atoms with van der Waals surface area (Å²) in [5.41, 5.74) is 10.1. The lowest BCUT2D eigenvalue weighted by Gasteiger charge is -2.29. The van der Waals surface area contributed by atoms with Gasteiger partial charge in [0.15, 0.2) is 5.88 Å². The van der Waals surface area contributed by atoms with E-state index in [1.54, 1.807) is 4.68 Å². The number of hydrogen-bond acceptors (Lipinski definition) is 6. The van der Waals surface area contributed by atoms with E-state index in [2.05, 4.69) is 58.4 Å². The fourth-order valence-corrected chi connectivity index (χ4v) is 7.81. The molecule has 6 aromatic heterocycles. The van der Waals surface area contributed by atoms with Crippen molar-refractivity contribution in [2.24, 2.45) is 7.05 Å². The maximum Gasteiger partial charge on any atom is 0.248 e. The maximum atomic E-state index is 14.1. The Balaban J connectivity index is 0.982. The molecule has 0 bridgehead atoms. The molecule has 0 spiro atoms. The molecule has 9 rings (SSSR count). The second-order valence-corrected chi connectivity index (χ2v) is 15.5. The van der Waals surface area contributed by atoms with E-state index >= 15 is 0 Å². The molecule has 0 aliphatic heterocycles. The topological polar surface area (TPSA) is 99.7 Å². The average molecular weight is 791 g/mol. The van der Waals surface area contributed by atoms with Crippen molar-refractivity contribution >= 4 is 11.2 Å². The Labute approximate surface area is 340 Å². The van der Waals surface area contributed by atoms with Gasteiger partial charge in [0.2, 0.25) is 5.92 Å². The molecule has 6 heterocycles. The van der Waals surface area contributed by atoms with Crippen molar-refractivity contribution in [2.45, 2.75) is 76.5 Å². The first-order valence-electron chi connectivity index (χ1n) is 20.1. The van der Waals surface area contributed by atoms with Gasteiger partial charge in [0.25, 0.3) is 0 Å². The van der Waals surface area contributed by atoms with Crippen LogP contribution >= 0.6 is 0 Å². The number of benzene rings is 2. The van der Waals surface area contributed by atoms with Gasteiger partial charge in [-0.15, -0.1) is 0 Å². The summed E-state index contributed by atoms with van der Waals surface area (Å²) in [7, 11) is 1.89. The molecule has 1 aliphatic carbocycles. The fraction of sp³-hybridized carbons (Fsp3) is 0.277. The van der Waals surface area contributed by atoms with Gasteiger partial charge in [-0.1, -0.05) is 74.2 Å². The van der Waals surface area contributed by atoms with Gasteiger partial charge >= 0.3 is 0 Å². The van der Waals surface area contributed by atoms with Crippen LogP contribution in [0.15, 0.2) is 116 Å². The number of aryl methyl sites for hydroxylation is 1. The third-order valence-electron chi connectivity index (χ3n) is 11.5. The highest BCUT2D eigenvalue weighted by Crippen LogP contribution is 2.37. The predicted octanol–water partition coefficient (Wildman–Crippen LogP) is 9.49. The largest absolute Gasteiger partial charge is 0.475 e. The van der Waals surface area contributed by atoms with E-state index in [0.29, 0.717) is 30.9 Å². The number of rotatable bonds is 10. The van der Waals surface area contributed by atoms with Gasteiger partial charge in [0.05, 0.1) is 48.1 Å². The fourth-order valence-electron chi connectivity index (χ4n) is 7.81. The van der Waals surface area contributed by atoms with E-state index in [9.17, 15) is 13.9 Å². The minimum atomic E-state index is -2.66. The SMILES string of the molecule is CCC(O)(C#Cc1cccn2ncc(-c3ccc(-c4cnn(Cc5cc(OC6CCC(F)(F)CC6)n6c(-c7ccc(-c8cnn(C)c8)cc7)cnc6c5)c4)cc3)c12)CC. The number of pyridine rings is 2. The zero-order valence-electron chi connectivity index (χ0n) is 33.2. The van der Waals surface area contributed by atoms with Crippen LogP contribution in [-0.4, -0.2) is 61.3 Å². The van der Waals surface area contributed by atoms with Crippen molar-refractivity contribution in [3.8, 4) is 62.4 Å². The monoisotopic (exact) mass is 790 g/mol. The number of aromatic nitrogens is 8. The number of ether oxygens (including phenoxy) is 1. The molecule has 0 saturated heterocycles. The smallest absolute Gasteiger partial charge is 0.248 e. The molecule has 0 atom stereocenters. The van der Waals surface area contributed by atoms with Crippen LogP contribution in [0.2, 0.25) is 0 Å². The molecule has 8 aromatic rings. The summed E-state index contributed by atoms with van der Waals surface area (Å²) in [5, 5.41) is 24.4. The summed E-state index contributed by atoms with van der Waals surface area (Å²) in [4.78, 5) is 4.79. The molecule has 1 fully saturated rings. The van der Waals surface area contributed by atoms with Crippen LogP contribution in [0.5, 0.6) is 5.88 Å². The Bertz CT molecular complexity index is 2820. The van der Waals surface area contributed by atoms with Gasteiger partial charge in [-0.3, -0.25) is 13.8 Å². The molecule has 0 amide bonds. The number of nitrogens with zero attached hydrogens (tertiary/aromatic N) is 8. The van der Waals surface area contributed by atoms with Crippen LogP contribution in [0.4, 0.5) is 8.78 Å². The molecule has 2 aromatic carbocycles.